The number of sulfonamides is 1. The molecule has 0 aliphatic heterocycles. The van der Waals surface area contributed by atoms with Crippen molar-refractivity contribution in [2.24, 2.45) is 0 Å². The highest BCUT2D eigenvalue weighted by Gasteiger charge is 2.23. The molecule has 0 saturated heterocycles. The Morgan fingerprint density at radius 1 is 1.20 bits per heavy atom. The van der Waals surface area contributed by atoms with Crippen molar-refractivity contribution in [3.05, 3.63) is 58.1 Å². The van der Waals surface area contributed by atoms with Crippen LogP contribution in [0, 0.1) is 11.3 Å². The smallest absolute Gasteiger partial charge is 0.243 e. The van der Waals surface area contributed by atoms with Crippen LogP contribution in [0.1, 0.15) is 5.56 Å². The molecule has 0 fully saturated rings. The topological polar surface area (TPSA) is 90.3 Å². The molecule has 1 N–H and O–H groups in total. The minimum Gasteiger partial charge on any atom is -0.322 e. The van der Waals surface area contributed by atoms with E-state index in [9.17, 15) is 13.2 Å². The van der Waals surface area contributed by atoms with Gasteiger partial charge in [0.05, 0.1) is 38.8 Å². The van der Waals surface area contributed by atoms with Crippen LogP contribution in [0.25, 0.3) is 0 Å². The predicted molar refractivity (Wildman–Crippen MR) is 96.1 cm³/mol. The van der Waals surface area contributed by atoms with E-state index in [0.717, 1.165) is 4.31 Å². The van der Waals surface area contributed by atoms with E-state index < -0.39 is 22.5 Å². The highest BCUT2D eigenvalue weighted by atomic mass is 35.5. The molecule has 0 spiro atoms. The van der Waals surface area contributed by atoms with Crippen LogP contribution >= 0.6 is 23.2 Å². The lowest BCUT2D eigenvalue weighted by molar-refractivity contribution is -0.116. The number of hydrogen-bond donors (Lipinski definition) is 1. The van der Waals surface area contributed by atoms with E-state index in [0.29, 0.717) is 0 Å². The average molecular weight is 398 g/mol. The molecule has 0 unspecified atom stereocenters. The monoisotopic (exact) mass is 397 g/mol. The fourth-order valence-electron chi connectivity index (χ4n) is 1.99. The van der Waals surface area contributed by atoms with Crippen LogP contribution in [0.4, 0.5) is 5.69 Å². The number of hydrogen-bond acceptors (Lipinski definition) is 4. The summed E-state index contributed by atoms with van der Waals surface area (Å²) in [6, 6.07) is 12.2. The molecule has 0 aromatic heterocycles. The summed E-state index contributed by atoms with van der Waals surface area (Å²) in [6.45, 7) is -0.444. The van der Waals surface area contributed by atoms with Crippen LogP contribution in [-0.2, 0) is 14.8 Å². The largest absolute Gasteiger partial charge is 0.322 e. The number of rotatable bonds is 5. The first-order valence-electron chi connectivity index (χ1n) is 6.96. The van der Waals surface area contributed by atoms with Crippen LogP contribution in [0.5, 0.6) is 0 Å². The minimum absolute atomic E-state index is 0.0716. The Morgan fingerprint density at radius 3 is 2.40 bits per heavy atom. The molecule has 6 nitrogen and oxygen atoms in total. The summed E-state index contributed by atoms with van der Waals surface area (Å²) in [5.41, 5.74) is 0.426. The Labute approximate surface area is 155 Å². The zero-order valence-electron chi connectivity index (χ0n) is 13.0. The molecule has 0 saturated carbocycles. The Morgan fingerprint density at radius 2 is 1.80 bits per heavy atom. The lowest BCUT2D eigenvalue weighted by atomic mass is 10.2. The van der Waals surface area contributed by atoms with Crippen molar-refractivity contribution in [3.63, 3.8) is 0 Å². The van der Waals surface area contributed by atoms with Crippen molar-refractivity contribution in [1.82, 2.24) is 4.31 Å². The fraction of sp³-hybridized carbons (Fsp3) is 0.125. The van der Waals surface area contributed by atoms with Gasteiger partial charge in [0.15, 0.2) is 0 Å². The van der Waals surface area contributed by atoms with E-state index >= 15 is 0 Å². The number of likely N-dealkylation sites (N-methyl/N-ethyl adjacent to an activating group) is 1. The van der Waals surface area contributed by atoms with Crippen LogP contribution in [0.15, 0.2) is 47.4 Å². The van der Waals surface area contributed by atoms with Crippen molar-refractivity contribution >= 4 is 44.8 Å². The number of para-hydroxylation sites is 1. The molecule has 130 valence electrons. The van der Waals surface area contributed by atoms with Crippen molar-refractivity contribution < 1.29 is 13.2 Å². The first-order valence-corrected chi connectivity index (χ1v) is 9.15. The molecule has 1 amide bonds. The maximum absolute atomic E-state index is 12.5. The Balaban J connectivity index is 2.16. The summed E-state index contributed by atoms with van der Waals surface area (Å²) in [6.07, 6.45) is 0. The van der Waals surface area contributed by atoms with Gasteiger partial charge in [-0.1, -0.05) is 35.3 Å². The molecule has 0 atom stereocenters. The molecular formula is C16H13Cl2N3O3S. The first-order chi connectivity index (χ1) is 11.8. The fourth-order valence-corrected chi connectivity index (χ4v) is 3.65. The number of carbonyl (C=O) groups excluding carboxylic acids is 1. The van der Waals surface area contributed by atoms with Gasteiger partial charge in [-0.05, 0) is 30.3 Å². The third-order valence-corrected chi connectivity index (χ3v) is 5.69. The molecule has 0 radical (unpaired) electrons. The normalized spacial score (nSPS) is 11.2. The van der Waals surface area contributed by atoms with Crippen LogP contribution < -0.4 is 5.32 Å². The molecule has 0 bridgehead atoms. The van der Waals surface area contributed by atoms with E-state index in [1.165, 1.54) is 31.3 Å². The number of halogens is 2. The molecule has 0 heterocycles. The SMILES string of the molecule is CN(CC(=O)Nc1c(Cl)cccc1Cl)S(=O)(=O)c1cccc(C#N)c1. The van der Waals surface area contributed by atoms with E-state index in [4.69, 9.17) is 28.5 Å². The summed E-state index contributed by atoms with van der Waals surface area (Å²) in [7, 11) is -2.66. The van der Waals surface area contributed by atoms with E-state index in [1.807, 2.05) is 6.07 Å². The third kappa shape index (κ3) is 4.50. The molecule has 0 aliphatic rings. The van der Waals surface area contributed by atoms with Gasteiger partial charge in [0.25, 0.3) is 0 Å². The van der Waals surface area contributed by atoms with Gasteiger partial charge >= 0.3 is 0 Å². The van der Waals surface area contributed by atoms with Gasteiger partial charge in [0.2, 0.25) is 15.9 Å². The highest BCUT2D eigenvalue weighted by Crippen LogP contribution is 2.29. The molecule has 0 aliphatic carbocycles. The van der Waals surface area contributed by atoms with Crippen LogP contribution in [0.2, 0.25) is 10.0 Å². The van der Waals surface area contributed by atoms with E-state index in [1.54, 1.807) is 18.2 Å². The van der Waals surface area contributed by atoms with Gasteiger partial charge in [-0.25, -0.2) is 8.42 Å². The second-order valence-corrected chi connectivity index (χ2v) is 7.90. The van der Waals surface area contributed by atoms with Crippen molar-refractivity contribution in [1.29, 1.82) is 5.26 Å². The standard InChI is InChI=1S/C16H13Cl2N3O3S/c1-21(25(23,24)12-5-2-4-11(8-12)9-19)10-15(22)20-16-13(17)6-3-7-14(16)18/h2-8H,10H2,1H3,(H,20,22). The number of carbonyl (C=O) groups is 1. The Hall–Kier alpha value is -2.11. The second kappa shape index (κ2) is 7.85. The molecule has 2 aromatic rings. The number of benzene rings is 2. The van der Waals surface area contributed by atoms with Gasteiger partial charge in [0, 0.05) is 7.05 Å². The number of amides is 1. The molecule has 2 aromatic carbocycles. The molecule has 2 rings (SSSR count). The van der Waals surface area contributed by atoms with Gasteiger partial charge in [0.1, 0.15) is 0 Å². The minimum atomic E-state index is -3.92. The number of nitrogens with one attached hydrogen (secondary N) is 1. The second-order valence-electron chi connectivity index (χ2n) is 5.05. The number of anilines is 1. The Bertz CT molecular complexity index is 935. The average Bonchev–Trinajstić information content (AvgIpc) is 2.58. The lowest BCUT2D eigenvalue weighted by Crippen LogP contribution is -2.35. The number of nitrogens with zero attached hydrogens (tertiary/aromatic N) is 2. The third-order valence-electron chi connectivity index (χ3n) is 3.26. The summed E-state index contributed by atoms with van der Waals surface area (Å²) in [5.74, 6) is -0.600. The summed E-state index contributed by atoms with van der Waals surface area (Å²) >= 11 is 11.9. The predicted octanol–water partition coefficient (Wildman–Crippen LogP) is 3.12. The molecule has 9 heteroatoms. The zero-order valence-corrected chi connectivity index (χ0v) is 15.4. The van der Waals surface area contributed by atoms with Gasteiger partial charge in [-0.3, -0.25) is 4.79 Å². The molecular weight excluding hydrogens is 385 g/mol. The van der Waals surface area contributed by atoms with Crippen molar-refractivity contribution in [2.45, 2.75) is 4.90 Å². The van der Waals surface area contributed by atoms with Gasteiger partial charge in [-0.15, -0.1) is 0 Å². The summed E-state index contributed by atoms with van der Waals surface area (Å²) < 4.78 is 25.9. The quantitative estimate of drug-likeness (QED) is 0.838. The van der Waals surface area contributed by atoms with Crippen LogP contribution in [0.3, 0.4) is 0 Å². The summed E-state index contributed by atoms with van der Waals surface area (Å²) in [4.78, 5) is 12.1. The van der Waals surface area contributed by atoms with Crippen molar-refractivity contribution in [3.8, 4) is 6.07 Å². The molecule has 25 heavy (non-hydrogen) atoms. The van der Waals surface area contributed by atoms with Gasteiger partial charge in [-0.2, -0.15) is 9.57 Å². The maximum atomic E-state index is 12.5. The van der Waals surface area contributed by atoms with Crippen LogP contribution in [-0.4, -0.2) is 32.2 Å². The highest BCUT2D eigenvalue weighted by molar-refractivity contribution is 7.89. The summed E-state index contributed by atoms with van der Waals surface area (Å²) in [5, 5.41) is 11.9. The van der Waals surface area contributed by atoms with Crippen molar-refractivity contribution in [2.75, 3.05) is 18.9 Å². The van der Waals surface area contributed by atoms with Gasteiger partial charge < -0.3 is 5.32 Å². The first kappa shape index (κ1) is 19.2. The number of nitriles is 1. The Kier molecular flexibility index (Phi) is 6.03. The van der Waals surface area contributed by atoms with E-state index in [2.05, 4.69) is 5.32 Å². The maximum Gasteiger partial charge on any atom is 0.243 e. The zero-order chi connectivity index (χ0) is 18.6. The lowest BCUT2D eigenvalue weighted by Gasteiger charge is -2.17. The van der Waals surface area contributed by atoms with E-state index in [-0.39, 0.29) is 26.2 Å².